The number of aliphatic hydroxyl groups is 1. The van der Waals surface area contributed by atoms with Crippen molar-refractivity contribution in [1.82, 2.24) is 15.5 Å². The fraction of sp³-hybridized carbons (Fsp3) is 0.432. The van der Waals surface area contributed by atoms with Crippen LogP contribution in [0.15, 0.2) is 60.7 Å². The summed E-state index contributed by atoms with van der Waals surface area (Å²) in [4.78, 5) is 40.5. The Morgan fingerprint density at radius 3 is 2.15 bits per heavy atom. The van der Waals surface area contributed by atoms with Crippen LogP contribution in [0.3, 0.4) is 0 Å². The lowest BCUT2D eigenvalue weighted by Gasteiger charge is -2.25. The molecule has 0 aliphatic heterocycles. The normalized spacial score (nSPS) is 13.0. The summed E-state index contributed by atoms with van der Waals surface area (Å²) >= 11 is 0. The number of carbonyl (C=O) groups is 3. The first-order valence-electron chi connectivity index (χ1n) is 16.1. The van der Waals surface area contributed by atoms with Crippen LogP contribution in [0.4, 0.5) is 8.78 Å². The van der Waals surface area contributed by atoms with Gasteiger partial charge in [-0.25, -0.2) is 8.78 Å². The average Bonchev–Trinajstić information content (AvgIpc) is 3.02. The summed E-state index contributed by atoms with van der Waals surface area (Å²) in [5.74, 6) is -2.78. The maximum atomic E-state index is 14.0. The first-order valence-corrected chi connectivity index (χ1v) is 16.1. The summed E-state index contributed by atoms with van der Waals surface area (Å²) in [6.07, 6.45) is 0.951. The van der Waals surface area contributed by atoms with Crippen molar-refractivity contribution in [2.24, 2.45) is 5.92 Å². The molecule has 0 bridgehead atoms. The van der Waals surface area contributed by atoms with Gasteiger partial charge in [-0.1, -0.05) is 45.0 Å². The lowest BCUT2D eigenvalue weighted by Crippen LogP contribution is -2.48. The molecule has 2 amide bonds. The highest BCUT2D eigenvalue weighted by molar-refractivity contribution is 6.00. The van der Waals surface area contributed by atoms with Crippen LogP contribution in [0.1, 0.15) is 76.6 Å². The summed E-state index contributed by atoms with van der Waals surface area (Å²) in [6.45, 7) is 9.26. The molecule has 0 saturated heterocycles. The number of rotatable bonds is 17. The molecule has 47 heavy (non-hydrogen) atoms. The lowest BCUT2D eigenvalue weighted by atomic mass is 9.98. The molecule has 10 heteroatoms. The summed E-state index contributed by atoms with van der Waals surface area (Å²) in [7, 11) is 1.36. The van der Waals surface area contributed by atoms with E-state index >= 15 is 0 Å². The van der Waals surface area contributed by atoms with Crippen LogP contribution in [0.2, 0.25) is 0 Å². The maximum absolute atomic E-state index is 14.0. The van der Waals surface area contributed by atoms with Crippen molar-refractivity contribution in [3.8, 4) is 0 Å². The molecule has 0 saturated carbocycles. The third-order valence-electron chi connectivity index (χ3n) is 7.84. The number of esters is 1. The van der Waals surface area contributed by atoms with Crippen LogP contribution in [0.25, 0.3) is 0 Å². The number of carbonyl (C=O) groups excluding carboxylic acids is 3. The first-order chi connectivity index (χ1) is 22.4. The summed E-state index contributed by atoms with van der Waals surface area (Å²) in [6, 6.07) is 14.8. The molecule has 3 atom stereocenters. The lowest BCUT2D eigenvalue weighted by molar-refractivity contribution is -0.144. The molecule has 0 radical (unpaired) electrons. The average molecular weight is 652 g/mol. The highest BCUT2D eigenvalue weighted by Crippen LogP contribution is 2.17. The highest BCUT2D eigenvalue weighted by Gasteiger charge is 2.24. The van der Waals surface area contributed by atoms with Crippen LogP contribution < -0.4 is 10.6 Å². The number of hydrogen-bond acceptors (Lipinski definition) is 6. The molecule has 3 rings (SSSR count). The Morgan fingerprint density at radius 2 is 1.51 bits per heavy atom. The van der Waals surface area contributed by atoms with Gasteiger partial charge in [-0.15, -0.1) is 0 Å². The molecule has 0 aliphatic rings. The van der Waals surface area contributed by atoms with Gasteiger partial charge in [0.2, 0.25) is 0 Å². The summed E-state index contributed by atoms with van der Waals surface area (Å²) in [5, 5.41) is 17.3. The zero-order chi connectivity index (χ0) is 34.5. The Balaban J connectivity index is 1.77. The van der Waals surface area contributed by atoms with E-state index in [9.17, 15) is 28.3 Å². The van der Waals surface area contributed by atoms with E-state index < -0.39 is 29.7 Å². The summed E-state index contributed by atoms with van der Waals surface area (Å²) < 4.78 is 32.9. The Hall–Kier alpha value is -4.15. The second-order valence-electron chi connectivity index (χ2n) is 12.1. The monoisotopic (exact) mass is 651 g/mol. The fourth-order valence-electron chi connectivity index (χ4n) is 5.60. The quantitative estimate of drug-likeness (QED) is 0.169. The van der Waals surface area contributed by atoms with Gasteiger partial charge in [0.25, 0.3) is 11.8 Å². The minimum Gasteiger partial charge on any atom is -0.469 e. The van der Waals surface area contributed by atoms with Gasteiger partial charge in [0, 0.05) is 43.4 Å². The van der Waals surface area contributed by atoms with Gasteiger partial charge in [-0.3, -0.25) is 14.4 Å². The Kier molecular flexibility index (Phi) is 14.5. The second kappa shape index (κ2) is 18.3. The van der Waals surface area contributed by atoms with Gasteiger partial charge in [0.05, 0.1) is 25.2 Å². The molecule has 0 unspecified atom stereocenters. The van der Waals surface area contributed by atoms with Gasteiger partial charge in [0.1, 0.15) is 11.6 Å². The number of aryl methyl sites for hydroxylation is 1. The van der Waals surface area contributed by atoms with E-state index in [0.29, 0.717) is 31.6 Å². The number of ether oxygens (including phenoxy) is 1. The van der Waals surface area contributed by atoms with E-state index in [0.717, 1.165) is 35.6 Å². The maximum Gasteiger partial charge on any atom is 0.308 e. The van der Waals surface area contributed by atoms with Crippen LogP contribution >= 0.6 is 0 Å². The number of nitrogens with zero attached hydrogens (tertiary/aromatic N) is 1. The van der Waals surface area contributed by atoms with Crippen molar-refractivity contribution in [2.45, 2.75) is 72.1 Å². The van der Waals surface area contributed by atoms with Crippen molar-refractivity contribution in [2.75, 3.05) is 26.7 Å². The predicted octanol–water partition coefficient (Wildman–Crippen LogP) is 5.38. The van der Waals surface area contributed by atoms with Crippen molar-refractivity contribution in [3.05, 3.63) is 106 Å². The van der Waals surface area contributed by atoms with E-state index in [1.54, 1.807) is 36.9 Å². The smallest absolute Gasteiger partial charge is 0.308 e. The van der Waals surface area contributed by atoms with E-state index in [1.807, 2.05) is 38.1 Å². The highest BCUT2D eigenvalue weighted by atomic mass is 19.1. The summed E-state index contributed by atoms with van der Waals surface area (Å²) in [5.41, 5.74) is 3.53. The largest absolute Gasteiger partial charge is 0.469 e. The minimum atomic E-state index is -1.14. The number of aliphatic hydroxyl groups excluding tert-OH is 1. The SMILES string of the molecule is CCCN(CCC)C(=O)c1cc(C)cc(C(=O)N[C@@H](Cc2cc(F)cc(F)c2)[C@H](O)CNCc2cccc(C[C@H](C)C(=O)OC)c2)c1. The first kappa shape index (κ1) is 37.3. The molecule has 3 N–H and O–H groups in total. The van der Waals surface area contributed by atoms with Crippen LogP contribution in [0.5, 0.6) is 0 Å². The molecule has 8 nitrogen and oxygen atoms in total. The van der Waals surface area contributed by atoms with Gasteiger partial charge in [-0.2, -0.15) is 0 Å². The van der Waals surface area contributed by atoms with Crippen molar-refractivity contribution in [1.29, 1.82) is 0 Å². The van der Waals surface area contributed by atoms with Gasteiger partial charge >= 0.3 is 5.97 Å². The predicted molar refractivity (Wildman–Crippen MR) is 178 cm³/mol. The van der Waals surface area contributed by atoms with Crippen LogP contribution in [-0.4, -0.2) is 66.7 Å². The third-order valence-corrected chi connectivity index (χ3v) is 7.84. The van der Waals surface area contributed by atoms with E-state index in [4.69, 9.17) is 4.74 Å². The van der Waals surface area contributed by atoms with Crippen molar-refractivity contribution >= 4 is 17.8 Å². The number of methoxy groups -OCH3 is 1. The van der Waals surface area contributed by atoms with E-state index in [-0.39, 0.29) is 41.9 Å². The zero-order valence-electron chi connectivity index (χ0n) is 27.9. The fourth-order valence-corrected chi connectivity index (χ4v) is 5.60. The number of nitrogens with one attached hydrogen (secondary N) is 2. The van der Waals surface area contributed by atoms with E-state index in [1.165, 1.54) is 19.2 Å². The Bertz CT molecular complexity index is 1490. The molecule has 3 aromatic carbocycles. The molecule has 254 valence electrons. The molecule has 0 spiro atoms. The van der Waals surface area contributed by atoms with Crippen LogP contribution in [-0.2, 0) is 28.9 Å². The third kappa shape index (κ3) is 11.6. The van der Waals surface area contributed by atoms with E-state index in [2.05, 4.69) is 10.6 Å². The molecule has 0 aromatic heterocycles. The van der Waals surface area contributed by atoms with Crippen LogP contribution in [0, 0.1) is 24.5 Å². The number of benzene rings is 3. The Labute approximate surface area is 276 Å². The zero-order valence-corrected chi connectivity index (χ0v) is 27.9. The number of hydrogen-bond donors (Lipinski definition) is 3. The molecule has 0 fully saturated rings. The van der Waals surface area contributed by atoms with Gasteiger partial charge < -0.3 is 25.4 Å². The molecular formula is C37H47F2N3O5. The molecule has 0 aliphatic carbocycles. The minimum absolute atomic E-state index is 0.0391. The standard InChI is InChI=1S/C37H47F2N3O5/c1-6-11-42(12-7-2)36(45)30-14-24(3)13-29(20-30)35(44)41-33(19-28-17-31(38)21-32(39)18-28)34(43)23-40-22-27-10-8-9-26(16-27)15-25(4)37(46)47-5/h8-10,13-14,16-18,20-21,25,33-34,40,43H,6-7,11-12,15,19,22-23H2,1-5H3,(H,41,44)/t25-,33-,34+/m0/s1. The Morgan fingerprint density at radius 1 is 0.872 bits per heavy atom. The second-order valence-corrected chi connectivity index (χ2v) is 12.1. The number of amides is 2. The van der Waals surface area contributed by atoms with Crippen molar-refractivity contribution in [3.63, 3.8) is 0 Å². The number of halogens is 2. The van der Waals surface area contributed by atoms with Gasteiger partial charge in [0.15, 0.2) is 0 Å². The topological polar surface area (TPSA) is 108 Å². The molecule has 0 heterocycles. The van der Waals surface area contributed by atoms with Gasteiger partial charge in [-0.05, 0) is 85.2 Å². The molecule has 3 aromatic rings. The molecular weight excluding hydrogens is 604 g/mol. The van der Waals surface area contributed by atoms with Crippen molar-refractivity contribution < 1.29 is 33.0 Å².